The van der Waals surface area contributed by atoms with Crippen LogP contribution in [0.2, 0.25) is 0 Å². The predicted molar refractivity (Wildman–Crippen MR) is 111 cm³/mol. The van der Waals surface area contributed by atoms with Gasteiger partial charge in [-0.05, 0) is 56.4 Å². The third kappa shape index (κ3) is 4.98. The highest BCUT2D eigenvalue weighted by molar-refractivity contribution is 5.98. The number of hydrogen-bond acceptors (Lipinski definition) is 3. The van der Waals surface area contributed by atoms with Gasteiger partial charge in [-0.2, -0.15) is 0 Å². The molecule has 0 radical (unpaired) electrons. The van der Waals surface area contributed by atoms with Crippen LogP contribution in [-0.2, 0) is 9.53 Å². The molecule has 1 saturated carbocycles. The van der Waals surface area contributed by atoms with Crippen molar-refractivity contribution in [3.05, 3.63) is 82.9 Å². The Morgan fingerprint density at radius 2 is 1.71 bits per heavy atom. The van der Waals surface area contributed by atoms with Gasteiger partial charge >= 0.3 is 5.97 Å². The molecule has 1 fully saturated rings. The summed E-state index contributed by atoms with van der Waals surface area (Å²) in [6.45, 7) is 5.48. The maximum atomic E-state index is 13.1. The van der Waals surface area contributed by atoms with Gasteiger partial charge in [0.25, 0.3) is 0 Å². The second-order valence-electron chi connectivity index (χ2n) is 7.77. The number of aryl methyl sites for hydroxylation is 2. The lowest BCUT2D eigenvalue weighted by molar-refractivity contribution is -0.144. The summed E-state index contributed by atoms with van der Waals surface area (Å²) >= 11 is 0. The zero-order valence-corrected chi connectivity index (χ0v) is 16.9. The van der Waals surface area contributed by atoms with Crippen LogP contribution in [0.3, 0.4) is 0 Å². The summed E-state index contributed by atoms with van der Waals surface area (Å²) in [5, 5.41) is 0. The maximum absolute atomic E-state index is 13.1. The van der Waals surface area contributed by atoms with E-state index in [2.05, 4.69) is 12.1 Å². The Bertz CT molecular complexity index is 846. The molecule has 146 valence electrons. The van der Waals surface area contributed by atoms with Gasteiger partial charge < -0.3 is 4.74 Å². The molecule has 1 aliphatic rings. The van der Waals surface area contributed by atoms with Crippen LogP contribution < -0.4 is 0 Å². The smallest absolute Gasteiger partial charge is 0.303 e. The first-order chi connectivity index (χ1) is 13.4. The maximum Gasteiger partial charge on any atom is 0.303 e. The van der Waals surface area contributed by atoms with Gasteiger partial charge in [0.15, 0.2) is 5.78 Å². The molecule has 1 unspecified atom stereocenters. The Morgan fingerprint density at radius 1 is 1.04 bits per heavy atom. The monoisotopic (exact) mass is 376 g/mol. The van der Waals surface area contributed by atoms with Gasteiger partial charge in [0.1, 0.15) is 6.10 Å². The van der Waals surface area contributed by atoms with Crippen LogP contribution in [0.1, 0.15) is 59.3 Å². The van der Waals surface area contributed by atoms with Crippen molar-refractivity contribution in [1.82, 2.24) is 0 Å². The fraction of sp³-hybridized carbons (Fsp3) is 0.360. The third-order valence-electron chi connectivity index (χ3n) is 5.37. The van der Waals surface area contributed by atoms with Crippen molar-refractivity contribution in [3.8, 4) is 0 Å². The van der Waals surface area contributed by atoms with E-state index in [9.17, 15) is 9.59 Å². The lowest BCUT2D eigenvalue weighted by Crippen LogP contribution is -2.18. The predicted octanol–water partition coefficient (Wildman–Crippen LogP) is 5.76. The molecule has 0 aromatic heterocycles. The zero-order chi connectivity index (χ0) is 20.1. The van der Waals surface area contributed by atoms with Crippen molar-refractivity contribution in [2.75, 3.05) is 0 Å². The first-order valence-electron chi connectivity index (χ1n) is 9.97. The highest BCUT2D eigenvalue weighted by Crippen LogP contribution is 2.36. The molecule has 0 heterocycles. The van der Waals surface area contributed by atoms with E-state index in [-0.39, 0.29) is 23.6 Å². The molecule has 0 spiro atoms. The number of carbonyl (C=O) groups is 2. The minimum atomic E-state index is -0.420. The number of ketones is 1. The van der Waals surface area contributed by atoms with Crippen molar-refractivity contribution >= 4 is 11.8 Å². The average Bonchev–Trinajstić information content (AvgIpc) is 3.12. The van der Waals surface area contributed by atoms with Crippen LogP contribution in [0.5, 0.6) is 0 Å². The number of benzene rings is 2. The van der Waals surface area contributed by atoms with E-state index in [1.165, 1.54) is 6.92 Å². The van der Waals surface area contributed by atoms with E-state index in [4.69, 9.17) is 4.74 Å². The van der Waals surface area contributed by atoms with Crippen LogP contribution in [0, 0.1) is 25.7 Å². The fourth-order valence-electron chi connectivity index (χ4n) is 4.16. The van der Waals surface area contributed by atoms with Gasteiger partial charge in [0, 0.05) is 18.4 Å². The first-order valence-corrected chi connectivity index (χ1v) is 9.97. The summed E-state index contributed by atoms with van der Waals surface area (Å²) in [6.07, 6.45) is 6.54. The molecule has 0 aliphatic heterocycles. The van der Waals surface area contributed by atoms with Gasteiger partial charge in [-0.3, -0.25) is 9.59 Å². The van der Waals surface area contributed by atoms with E-state index >= 15 is 0 Å². The van der Waals surface area contributed by atoms with Crippen molar-refractivity contribution in [2.45, 2.75) is 46.1 Å². The molecule has 28 heavy (non-hydrogen) atoms. The van der Waals surface area contributed by atoms with E-state index in [1.54, 1.807) is 0 Å². The van der Waals surface area contributed by atoms with Crippen LogP contribution in [-0.4, -0.2) is 11.8 Å². The molecule has 0 bridgehead atoms. The number of ether oxygens (including phenoxy) is 1. The van der Waals surface area contributed by atoms with Gasteiger partial charge in [-0.1, -0.05) is 60.0 Å². The van der Waals surface area contributed by atoms with Crippen molar-refractivity contribution in [3.63, 3.8) is 0 Å². The Hall–Kier alpha value is -2.68. The third-order valence-corrected chi connectivity index (χ3v) is 5.37. The van der Waals surface area contributed by atoms with Crippen LogP contribution in [0.15, 0.2) is 60.7 Å². The van der Waals surface area contributed by atoms with Gasteiger partial charge in [-0.15, -0.1) is 0 Å². The second-order valence-corrected chi connectivity index (χ2v) is 7.77. The molecule has 1 aliphatic carbocycles. The molecule has 0 amide bonds. The number of esters is 1. The molecule has 3 rings (SSSR count). The summed E-state index contributed by atoms with van der Waals surface area (Å²) in [6, 6.07) is 15.8. The van der Waals surface area contributed by atoms with Crippen LogP contribution in [0.25, 0.3) is 0 Å². The average molecular weight is 376 g/mol. The summed E-state index contributed by atoms with van der Waals surface area (Å²) < 4.78 is 5.50. The standard InChI is InChI=1S/C25H28O3/c1-17-14-18(2)16-22(15-17)25(27)23-11-7-10-20(23)12-13-24(28-19(3)26)21-8-5-4-6-9-21/h4-6,8-9,12-16,20,23-24H,7,10-11H2,1-3H3/b13-12+/t20-,23+,24?/m1/s1. The molecule has 0 saturated heterocycles. The van der Waals surface area contributed by atoms with E-state index in [0.717, 1.165) is 41.5 Å². The second kappa shape index (κ2) is 9.01. The van der Waals surface area contributed by atoms with Gasteiger partial charge in [0.2, 0.25) is 0 Å². The lowest BCUT2D eigenvalue weighted by atomic mass is 9.87. The molecule has 2 aromatic rings. The number of hydrogen-bond donors (Lipinski definition) is 0. The van der Waals surface area contributed by atoms with Gasteiger partial charge in [-0.25, -0.2) is 0 Å². The summed E-state index contributed by atoms with van der Waals surface area (Å²) in [5.74, 6) is 0.0803. The van der Waals surface area contributed by atoms with Gasteiger partial charge in [0.05, 0.1) is 0 Å². The minimum Gasteiger partial charge on any atom is -0.453 e. The van der Waals surface area contributed by atoms with Crippen molar-refractivity contribution in [1.29, 1.82) is 0 Å². The van der Waals surface area contributed by atoms with Crippen LogP contribution in [0.4, 0.5) is 0 Å². The highest BCUT2D eigenvalue weighted by Gasteiger charge is 2.32. The molecule has 3 nitrogen and oxygen atoms in total. The Labute approximate surface area is 167 Å². The quantitative estimate of drug-likeness (QED) is 0.365. The molecule has 3 heteroatoms. The molecule has 0 N–H and O–H groups in total. The van der Waals surface area contributed by atoms with E-state index in [1.807, 2.05) is 62.4 Å². The highest BCUT2D eigenvalue weighted by atomic mass is 16.5. The number of Topliss-reactive ketones (excluding diaryl/α,β-unsaturated/α-hetero) is 1. The van der Waals surface area contributed by atoms with E-state index in [0.29, 0.717) is 0 Å². The number of carbonyl (C=O) groups excluding carboxylic acids is 2. The summed E-state index contributed by atoms with van der Waals surface area (Å²) in [5.41, 5.74) is 3.98. The number of rotatable bonds is 6. The molecular formula is C25H28O3. The first kappa shape index (κ1) is 20.1. The normalized spacial score (nSPS) is 20.2. The Kier molecular flexibility index (Phi) is 6.45. The Balaban J connectivity index is 1.79. The van der Waals surface area contributed by atoms with Crippen molar-refractivity contribution in [2.24, 2.45) is 11.8 Å². The fourth-order valence-corrected chi connectivity index (χ4v) is 4.16. The molecular weight excluding hydrogens is 348 g/mol. The summed E-state index contributed by atoms with van der Waals surface area (Å²) in [4.78, 5) is 24.7. The lowest BCUT2D eigenvalue weighted by Gasteiger charge is -2.18. The van der Waals surface area contributed by atoms with Crippen LogP contribution >= 0.6 is 0 Å². The topological polar surface area (TPSA) is 43.4 Å². The SMILES string of the molecule is CC(=O)OC(/C=C/[C@H]1CCC[C@@H]1C(=O)c1cc(C)cc(C)c1)c1ccccc1. The zero-order valence-electron chi connectivity index (χ0n) is 16.9. The molecule has 3 atom stereocenters. The Morgan fingerprint density at radius 3 is 2.36 bits per heavy atom. The van der Waals surface area contributed by atoms with Crippen molar-refractivity contribution < 1.29 is 14.3 Å². The minimum absolute atomic E-state index is 0.00815. The largest absolute Gasteiger partial charge is 0.453 e. The van der Waals surface area contributed by atoms with E-state index < -0.39 is 6.10 Å². The number of allylic oxidation sites excluding steroid dienone is 1. The summed E-state index contributed by atoms with van der Waals surface area (Å²) in [7, 11) is 0. The molecule has 2 aromatic carbocycles.